The number of carbonyl (C=O) groups excluding carboxylic acids is 4. The monoisotopic (exact) mass is 465 g/mol. The van der Waals surface area contributed by atoms with Crippen LogP contribution >= 0.6 is 0 Å². The van der Waals surface area contributed by atoms with Gasteiger partial charge in [0, 0.05) is 38.6 Å². The summed E-state index contributed by atoms with van der Waals surface area (Å²) in [4.78, 5) is 54.9. The highest BCUT2D eigenvalue weighted by molar-refractivity contribution is 6.26. The maximum absolute atomic E-state index is 13.8. The van der Waals surface area contributed by atoms with Crippen LogP contribution in [0.5, 0.6) is 0 Å². The van der Waals surface area contributed by atoms with Gasteiger partial charge in [-0.05, 0) is 62.1 Å². The van der Waals surface area contributed by atoms with E-state index < -0.39 is 23.8 Å². The van der Waals surface area contributed by atoms with E-state index in [2.05, 4.69) is 27.8 Å². The Hall–Kier alpha value is -2.78. The first kappa shape index (κ1) is 21.7. The number of rotatable bonds is 3. The lowest BCUT2D eigenvalue weighted by atomic mass is 9.84. The molecule has 1 aromatic rings. The second kappa shape index (κ2) is 8.16. The van der Waals surface area contributed by atoms with Crippen molar-refractivity contribution in [1.82, 2.24) is 20.9 Å². The quantitative estimate of drug-likeness (QED) is 0.561. The van der Waals surface area contributed by atoms with Gasteiger partial charge in [-0.25, -0.2) is 0 Å². The normalized spacial score (nSPS) is 33.4. The van der Waals surface area contributed by atoms with Gasteiger partial charge in [-0.2, -0.15) is 0 Å². The molecular formula is C25H31N5O4. The van der Waals surface area contributed by atoms with Crippen molar-refractivity contribution < 1.29 is 19.2 Å². The number of fused-ring (bicyclic) bond motifs is 2. The predicted octanol–water partition coefficient (Wildman–Crippen LogP) is 0.599. The van der Waals surface area contributed by atoms with Crippen LogP contribution in [0.1, 0.15) is 64.8 Å². The number of hydrogen-bond acceptors (Lipinski definition) is 7. The number of benzene rings is 1. The molecule has 180 valence electrons. The van der Waals surface area contributed by atoms with Crippen LogP contribution in [0.25, 0.3) is 0 Å². The van der Waals surface area contributed by atoms with Crippen LogP contribution in [0.15, 0.2) is 12.1 Å². The van der Waals surface area contributed by atoms with E-state index in [0.29, 0.717) is 34.9 Å². The lowest BCUT2D eigenvalue weighted by Crippen LogP contribution is -2.54. The van der Waals surface area contributed by atoms with Crippen LogP contribution in [0.2, 0.25) is 0 Å². The van der Waals surface area contributed by atoms with Gasteiger partial charge in [0.2, 0.25) is 11.8 Å². The molecule has 5 aliphatic heterocycles. The maximum Gasteiger partial charge on any atom is 0.264 e. The summed E-state index contributed by atoms with van der Waals surface area (Å²) in [7, 11) is 0. The molecule has 4 amide bonds. The molecule has 5 atom stereocenters. The molecule has 5 unspecified atom stereocenters. The van der Waals surface area contributed by atoms with E-state index in [1.54, 1.807) is 6.07 Å². The molecular weight excluding hydrogens is 434 g/mol. The van der Waals surface area contributed by atoms with Crippen molar-refractivity contribution in [3.63, 3.8) is 0 Å². The molecule has 5 aliphatic rings. The highest BCUT2D eigenvalue weighted by Gasteiger charge is 2.48. The minimum atomic E-state index is -0.942. The fraction of sp³-hybridized carbons (Fsp3) is 0.600. The van der Waals surface area contributed by atoms with E-state index in [-0.39, 0.29) is 18.7 Å². The smallest absolute Gasteiger partial charge is 0.264 e. The largest absolute Gasteiger partial charge is 0.370 e. The van der Waals surface area contributed by atoms with Crippen molar-refractivity contribution in [3.05, 3.63) is 28.8 Å². The minimum Gasteiger partial charge on any atom is -0.370 e. The van der Waals surface area contributed by atoms with Crippen molar-refractivity contribution >= 4 is 29.3 Å². The molecule has 9 heteroatoms. The number of imide groups is 2. The van der Waals surface area contributed by atoms with Gasteiger partial charge in [-0.1, -0.05) is 6.07 Å². The Balaban J connectivity index is 1.42. The summed E-state index contributed by atoms with van der Waals surface area (Å²) < 4.78 is 0. The first-order valence-corrected chi connectivity index (χ1v) is 12.5. The van der Waals surface area contributed by atoms with Crippen LogP contribution in [0.3, 0.4) is 0 Å². The highest BCUT2D eigenvalue weighted by atomic mass is 16.2. The summed E-state index contributed by atoms with van der Waals surface area (Å²) in [5, 5.41) is 9.27. The van der Waals surface area contributed by atoms with Crippen molar-refractivity contribution in [2.45, 2.75) is 50.6 Å². The lowest BCUT2D eigenvalue weighted by molar-refractivity contribution is -0.136. The Labute approximate surface area is 198 Å². The molecule has 0 aliphatic carbocycles. The molecule has 0 radical (unpaired) electrons. The van der Waals surface area contributed by atoms with Gasteiger partial charge in [0.25, 0.3) is 11.8 Å². The average molecular weight is 466 g/mol. The first-order valence-electron chi connectivity index (χ1n) is 12.5. The molecule has 34 heavy (non-hydrogen) atoms. The number of nitrogens with one attached hydrogen (secondary N) is 3. The van der Waals surface area contributed by atoms with E-state index in [0.717, 1.165) is 61.7 Å². The summed E-state index contributed by atoms with van der Waals surface area (Å²) in [6, 6.07) is 3.27. The number of carbonyl (C=O) groups is 4. The fourth-order valence-corrected chi connectivity index (χ4v) is 6.68. The lowest BCUT2D eigenvalue weighted by Gasteiger charge is -2.33. The highest BCUT2D eigenvalue weighted by Crippen LogP contribution is 2.44. The standard InChI is InChI=1S/C25H31N5O4/c1-13-8-14(6-7-27-13)17-2-3-18-21(22(17)29-11-15-9-26-10-16(15)12-29)25(34)30(24(18)33)19-4-5-20(31)28-23(19)32/h2-3,13-16,19,26-27H,4-12H2,1H3,(H,28,31,32). The van der Waals surface area contributed by atoms with Crippen molar-refractivity contribution in [1.29, 1.82) is 0 Å². The molecule has 1 aromatic carbocycles. The molecule has 3 N–H and O–H groups in total. The Morgan fingerprint density at radius 2 is 1.74 bits per heavy atom. The molecule has 4 saturated heterocycles. The van der Waals surface area contributed by atoms with E-state index >= 15 is 0 Å². The molecule has 6 rings (SSSR count). The van der Waals surface area contributed by atoms with E-state index in [1.807, 2.05) is 6.07 Å². The third-order valence-corrected chi connectivity index (χ3v) is 8.38. The number of hydrogen-bond donors (Lipinski definition) is 3. The van der Waals surface area contributed by atoms with Crippen LogP contribution in [0.4, 0.5) is 5.69 Å². The van der Waals surface area contributed by atoms with Crippen molar-refractivity contribution in [2.24, 2.45) is 11.8 Å². The summed E-state index contributed by atoms with van der Waals surface area (Å²) in [6.45, 7) is 6.79. The zero-order valence-electron chi connectivity index (χ0n) is 19.4. The Bertz CT molecular complexity index is 1080. The second-order valence-corrected chi connectivity index (χ2v) is 10.5. The number of nitrogens with zero attached hydrogens (tertiary/aromatic N) is 2. The maximum atomic E-state index is 13.8. The number of amides is 4. The molecule has 4 fully saturated rings. The Kier molecular flexibility index (Phi) is 5.22. The zero-order valence-corrected chi connectivity index (χ0v) is 19.4. The van der Waals surface area contributed by atoms with Crippen molar-refractivity contribution in [2.75, 3.05) is 37.6 Å². The van der Waals surface area contributed by atoms with Gasteiger partial charge in [-0.15, -0.1) is 0 Å². The summed E-state index contributed by atoms with van der Waals surface area (Å²) in [5.41, 5.74) is 2.88. The zero-order chi connectivity index (χ0) is 23.6. The Morgan fingerprint density at radius 3 is 2.44 bits per heavy atom. The van der Waals surface area contributed by atoms with Gasteiger partial charge in [0.1, 0.15) is 6.04 Å². The summed E-state index contributed by atoms with van der Waals surface area (Å²) >= 11 is 0. The fourth-order valence-electron chi connectivity index (χ4n) is 6.68. The summed E-state index contributed by atoms with van der Waals surface area (Å²) in [5.74, 6) is -0.379. The van der Waals surface area contributed by atoms with Crippen LogP contribution in [-0.4, -0.2) is 73.3 Å². The molecule has 9 nitrogen and oxygen atoms in total. The van der Waals surface area contributed by atoms with Gasteiger partial charge in [-0.3, -0.25) is 29.4 Å². The van der Waals surface area contributed by atoms with Gasteiger partial charge in [0.15, 0.2) is 0 Å². The minimum absolute atomic E-state index is 0.122. The Morgan fingerprint density at radius 1 is 0.971 bits per heavy atom. The van der Waals surface area contributed by atoms with Gasteiger partial charge in [0.05, 0.1) is 16.8 Å². The molecule has 0 spiro atoms. The summed E-state index contributed by atoms with van der Waals surface area (Å²) in [6.07, 6.45) is 2.26. The predicted molar refractivity (Wildman–Crippen MR) is 125 cm³/mol. The molecule has 0 aromatic heterocycles. The van der Waals surface area contributed by atoms with E-state index in [1.165, 1.54) is 0 Å². The van der Waals surface area contributed by atoms with Gasteiger partial charge < -0.3 is 15.5 Å². The third-order valence-electron chi connectivity index (χ3n) is 8.38. The number of piperidine rings is 2. The molecule has 5 heterocycles. The average Bonchev–Trinajstić information content (AvgIpc) is 3.47. The van der Waals surface area contributed by atoms with E-state index in [9.17, 15) is 19.2 Å². The number of anilines is 1. The van der Waals surface area contributed by atoms with Crippen LogP contribution in [-0.2, 0) is 9.59 Å². The molecule has 0 bridgehead atoms. The van der Waals surface area contributed by atoms with Gasteiger partial charge >= 0.3 is 0 Å². The van der Waals surface area contributed by atoms with E-state index in [4.69, 9.17) is 0 Å². The topological polar surface area (TPSA) is 111 Å². The molecule has 0 saturated carbocycles. The van der Waals surface area contributed by atoms with Crippen molar-refractivity contribution in [3.8, 4) is 0 Å². The SMILES string of the molecule is CC1CC(c2ccc3c(c2N2CC4CNCC4C2)C(=O)N(C2CCC(=O)NC2=O)C3=O)CCN1. The second-order valence-electron chi connectivity index (χ2n) is 10.5. The third kappa shape index (κ3) is 3.36. The van der Waals surface area contributed by atoms with Crippen LogP contribution in [0, 0.1) is 11.8 Å². The first-order chi connectivity index (χ1) is 16.4. The van der Waals surface area contributed by atoms with Crippen LogP contribution < -0.4 is 20.9 Å².